The zero-order valence-corrected chi connectivity index (χ0v) is 13.7. The molecule has 2 aromatic rings. The lowest BCUT2D eigenvalue weighted by molar-refractivity contribution is 0.159. The molecule has 0 fully saturated rings. The van der Waals surface area contributed by atoms with Crippen molar-refractivity contribution in [3.05, 3.63) is 59.7 Å². The first-order valence-corrected chi connectivity index (χ1v) is 7.85. The molecule has 0 spiro atoms. The monoisotopic (exact) mass is 315 g/mol. The topological polar surface area (TPSA) is 37.3 Å². The van der Waals surface area contributed by atoms with Crippen LogP contribution in [0.5, 0.6) is 0 Å². The SMILES string of the molecule is CC(C)(C)NC(=O)N1CCn2cccc2[C@@H]1c1ccccc1F. The molecule has 1 atom stereocenters. The number of hydrogen-bond acceptors (Lipinski definition) is 1. The van der Waals surface area contributed by atoms with E-state index in [9.17, 15) is 9.18 Å². The predicted molar refractivity (Wildman–Crippen MR) is 87.7 cm³/mol. The number of amides is 2. The lowest BCUT2D eigenvalue weighted by atomic mass is 9.99. The molecule has 1 N–H and O–H groups in total. The molecule has 0 radical (unpaired) electrons. The Morgan fingerprint density at radius 3 is 2.61 bits per heavy atom. The molecule has 0 saturated heterocycles. The number of benzene rings is 1. The summed E-state index contributed by atoms with van der Waals surface area (Å²) < 4.78 is 16.5. The van der Waals surface area contributed by atoms with E-state index in [0.29, 0.717) is 18.7 Å². The molecule has 0 unspecified atom stereocenters. The summed E-state index contributed by atoms with van der Waals surface area (Å²) in [6, 6.07) is 9.97. The highest BCUT2D eigenvalue weighted by Gasteiger charge is 2.34. The zero-order chi connectivity index (χ0) is 16.6. The van der Waals surface area contributed by atoms with Crippen molar-refractivity contribution >= 4 is 6.03 Å². The molecule has 2 amide bonds. The maximum absolute atomic E-state index is 14.4. The summed E-state index contributed by atoms with van der Waals surface area (Å²) in [4.78, 5) is 14.4. The number of fused-ring (bicyclic) bond motifs is 1. The zero-order valence-electron chi connectivity index (χ0n) is 13.7. The molecule has 23 heavy (non-hydrogen) atoms. The Bertz CT molecular complexity index is 717. The molecule has 2 heterocycles. The van der Waals surface area contributed by atoms with Crippen LogP contribution in [0.3, 0.4) is 0 Å². The summed E-state index contributed by atoms with van der Waals surface area (Å²) >= 11 is 0. The van der Waals surface area contributed by atoms with Gasteiger partial charge in [0.05, 0.1) is 0 Å². The number of nitrogens with one attached hydrogen (secondary N) is 1. The van der Waals surface area contributed by atoms with Gasteiger partial charge >= 0.3 is 6.03 Å². The fraction of sp³-hybridized carbons (Fsp3) is 0.389. The number of nitrogens with zero attached hydrogens (tertiary/aromatic N) is 2. The third kappa shape index (κ3) is 3.09. The van der Waals surface area contributed by atoms with Crippen LogP contribution in [0.4, 0.5) is 9.18 Å². The van der Waals surface area contributed by atoms with Crippen molar-refractivity contribution in [2.24, 2.45) is 0 Å². The van der Waals surface area contributed by atoms with Gasteiger partial charge in [-0.15, -0.1) is 0 Å². The maximum atomic E-state index is 14.4. The Labute approximate surface area is 135 Å². The van der Waals surface area contributed by atoms with Crippen molar-refractivity contribution in [2.45, 2.75) is 38.9 Å². The molecule has 0 aliphatic carbocycles. The van der Waals surface area contributed by atoms with Crippen molar-refractivity contribution in [1.29, 1.82) is 0 Å². The van der Waals surface area contributed by atoms with Crippen molar-refractivity contribution < 1.29 is 9.18 Å². The average molecular weight is 315 g/mol. The minimum atomic E-state index is -0.415. The van der Waals surface area contributed by atoms with Crippen LogP contribution in [0.1, 0.15) is 38.1 Å². The first kappa shape index (κ1) is 15.6. The summed E-state index contributed by atoms with van der Waals surface area (Å²) in [5.74, 6) is -0.291. The number of carbonyl (C=O) groups is 1. The summed E-state index contributed by atoms with van der Waals surface area (Å²) in [7, 11) is 0. The van der Waals surface area contributed by atoms with Crippen LogP contribution in [0.25, 0.3) is 0 Å². The van der Waals surface area contributed by atoms with Gasteiger partial charge in [-0.05, 0) is 39.0 Å². The number of rotatable bonds is 1. The molecule has 1 aliphatic heterocycles. The number of carbonyl (C=O) groups excluding carboxylic acids is 1. The third-order valence-electron chi connectivity index (χ3n) is 3.98. The number of urea groups is 1. The van der Waals surface area contributed by atoms with Gasteiger partial charge in [0.15, 0.2) is 0 Å². The van der Waals surface area contributed by atoms with E-state index in [-0.39, 0.29) is 17.4 Å². The molecule has 1 aromatic carbocycles. The van der Waals surface area contributed by atoms with Gasteiger partial charge in [0, 0.05) is 36.1 Å². The van der Waals surface area contributed by atoms with Gasteiger partial charge in [0.2, 0.25) is 0 Å². The van der Waals surface area contributed by atoms with E-state index in [2.05, 4.69) is 9.88 Å². The van der Waals surface area contributed by atoms with Crippen LogP contribution in [0.15, 0.2) is 42.6 Å². The number of aromatic nitrogens is 1. The van der Waals surface area contributed by atoms with E-state index in [0.717, 1.165) is 5.69 Å². The normalized spacial score (nSPS) is 17.7. The lowest BCUT2D eigenvalue weighted by Crippen LogP contribution is -2.52. The fourth-order valence-electron chi connectivity index (χ4n) is 3.02. The minimum Gasteiger partial charge on any atom is -0.348 e. The standard InChI is InChI=1S/C18H22FN3O/c1-18(2,3)20-17(23)22-12-11-21-10-6-9-15(21)16(22)13-7-4-5-8-14(13)19/h4-10,16H,11-12H2,1-3H3,(H,20,23)/t16-/m0/s1. The quantitative estimate of drug-likeness (QED) is 0.858. The van der Waals surface area contributed by atoms with Gasteiger partial charge in [-0.1, -0.05) is 18.2 Å². The predicted octanol–water partition coefficient (Wildman–Crippen LogP) is 3.54. The van der Waals surface area contributed by atoms with Gasteiger partial charge in [-0.25, -0.2) is 9.18 Å². The van der Waals surface area contributed by atoms with Gasteiger partial charge in [-0.2, -0.15) is 0 Å². The lowest BCUT2D eigenvalue weighted by Gasteiger charge is -2.39. The summed E-state index contributed by atoms with van der Waals surface area (Å²) in [5.41, 5.74) is 1.12. The molecule has 0 bridgehead atoms. The summed E-state index contributed by atoms with van der Waals surface area (Å²) in [6.45, 7) is 7.08. The number of hydrogen-bond donors (Lipinski definition) is 1. The molecular weight excluding hydrogens is 293 g/mol. The van der Waals surface area contributed by atoms with E-state index in [1.54, 1.807) is 23.1 Å². The van der Waals surface area contributed by atoms with Crippen LogP contribution in [0.2, 0.25) is 0 Å². The fourth-order valence-corrected chi connectivity index (χ4v) is 3.02. The van der Waals surface area contributed by atoms with Crippen LogP contribution in [-0.2, 0) is 6.54 Å². The second-order valence-corrected chi connectivity index (χ2v) is 6.92. The van der Waals surface area contributed by atoms with Gasteiger partial charge in [0.25, 0.3) is 0 Å². The largest absolute Gasteiger partial charge is 0.348 e. The molecular formula is C18H22FN3O. The van der Waals surface area contributed by atoms with E-state index in [1.807, 2.05) is 39.1 Å². The molecule has 4 nitrogen and oxygen atoms in total. The Morgan fingerprint density at radius 1 is 1.17 bits per heavy atom. The van der Waals surface area contributed by atoms with Crippen molar-refractivity contribution in [1.82, 2.24) is 14.8 Å². The molecule has 122 valence electrons. The Balaban J connectivity index is 2.02. The Morgan fingerprint density at radius 2 is 1.91 bits per heavy atom. The molecule has 0 saturated carbocycles. The number of halogens is 1. The van der Waals surface area contributed by atoms with E-state index >= 15 is 0 Å². The first-order chi connectivity index (χ1) is 10.9. The third-order valence-corrected chi connectivity index (χ3v) is 3.98. The van der Waals surface area contributed by atoms with Crippen LogP contribution in [-0.4, -0.2) is 27.6 Å². The average Bonchev–Trinajstić information content (AvgIpc) is 2.93. The molecule has 1 aromatic heterocycles. The molecule has 5 heteroatoms. The van der Waals surface area contributed by atoms with Crippen molar-refractivity contribution in [3.8, 4) is 0 Å². The van der Waals surface area contributed by atoms with E-state index in [4.69, 9.17) is 0 Å². The van der Waals surface area contributed by atoms with Crippen LogP contribution < -0.4 is 5.32 Å². The van der Waals surface area contributed by atoms with Gasteiger partial charge < -0.3 is 14.8 Å². The highest BCUT2D eigenvalue weighted by molar-refractivity contribution is 5.76. The smallest absolute Gasteiger partial charge is 0.318 e. The van der Waals surface area contributed by atoms with Crippen LogP contribution >= 0.6 is 0 Å². The summed E-state index contributed by atoms with van der Waals surface area (Å²) in [6.07, 6.45) is 1.97. The Hall–Kier alpha value is -2.30. The minimum absolute atomic E-state index is 0.168. The van der Waals surface area contributed by atoms with Crippen LogP contribution in [0, 0.1) is 5.82 Å². The van der Waals surface area contributed by atoms with Crippen molar-refractivity contribution in [2.75, 3.05) is 6.54 Å². The van der Waals surface area contributed by atoms with Gasteiger partial charge in [0.1, 0.15) is 11.9 Å². The van der Waals surface area contributed by atoms with E-state index < -0.39 is 6.04 Å². The molecule has 1 aliphatic rings. The first-order valence-electron chi connectivity index (χ1n) is 7.85. The second-order valence-electron chi connectivity index (χ2n) is 6.92. The highest BCUT2D eigenvalue weighted by atomic mass is 19.1. The second kappa shape index (κ2) is 5.72. The van der Waals surface area contributed by atoms with E-state index in [1.165, 1.54) is 6.07 Å². The Kier molecular flexibility index (Phi) is 3.88. The summed E-state index contributed by atoms with van der Waals surface area (Å²) in [5, 5.41) is 2.99. The highest BCUT2D eigenvalue weighted by Crippen LogP contribution is 2.33. The molecule has 3 rings (SSSR count). The maximum Gasteiger partial charge on any atom is 0.318 e. The van der Waals surface area contributed by atoms with Gasteiger partial charge in [-0.3, -0.25) is 0 Å². The van der Waals surface area contributed by atoms with Crippen molar-refractivity contribution in [3.63, 3.8) is 0 Å².